The van der Waals surface area contributed by atoms with Crippen LogP contribution in [0.2, 0.25) is 0 Å². The number of benzene rings is 1. The topological polar surface area (TPSA) is 40.9 Å². The average molecular weight is 318 g/mol. The third-order valence-electron chi connectivity index (χ3n) is 3.83. The van der Waals surface area contributed by atoms with E-state index in [0.29, 0.717) is 11.1 Å². The van der Waals surface area contributed by atoms with Gasteiger partial charge in [0.1, 0.15) is 0 Å². The molecule has 2 rings (SSSR count). The summed E-state index contributed by atoms with van der Waals surface area (Å²) in [4.78, 5) is 12.0. The highest BCUT2D eigenvalue weighted by Crippen LogP contribution is 2.46. The van der Waals surface area contributed by atoms with Gasteiger partial charge in [-0.1, -0.05) is 24.6 Å². The molecule has 0 spiro atoms. The number of allylic oxidation sites excluding steroid dienone is 4. The number of rotatable bonds is 2. The first kappa shape index (κ1) is 17.0. The van der Waals surface area contributed by atoms with Crippen molar-refractivity contribution in [1.29, 1.82) is 5.26 Å². The number of Topliss-reactive ketones (excluding diaryl/α,β-unsaturated/α-hetero) is 1. The smallest absolute Gasteiger partial charge is 0.295 e. The zero-order valence-electron chi connectivity index (χ0n) is 13.0. The Balaban J connectivity index is 2.78. The Morgan fingerprint density at radius 2 is 1.78 bits per heavy atom. The van der Waals surface area contributed by atoms with E-state index in [-0.39, 0.29) is 22.5 Å². The van der Waals surface area contributed by atoms with E-state index in [1.165, 1.54) is 44.5 Å². The van der Waals surface area contributed by atoms with Gasteiger partial charge in [0.2, 0.25) is 0 Å². The predicted octanol–water partition coefficient (Wildman–Crippen LogP) is 4.63. The highest BCUT2D eigenvalue weighted by Gasteiger charge is 2.42. The van der Waals surface area contributed by atoms with Crippen molar-refractivity contribution in [3.05, 3.63) is 58.5 Å². The second-order valence-electron chi connectivity index (χ2n) is 5.55. The molecule has 2 nitrogen and oxygen atoms in total. The van der Waals surface area contributed by atoms with E-state index in [4.69, 9.17) is 5.26 Å². The van der Waals surface area contributed by atoms with Gasteiger partial charge in [-0.2, -0.15) is 18.4 Å². The van der Waals surface area contributed by atoms with Crippen LogP contribution < -0.4 is 0 Å². The molecule has 1 unspecified atom stereocenters. The molecule has 1 radical (unpaired) electrons. The van der Waals surface area contributed by atoms with Gasteiger partial charge in [0.25, 0.3) is 0 Å². The molecule has 0 fully saturated rings. The summed E-state index contributed by atoms with van der Waals surface area (Å²) >= 11 is 0. The molecule has 119 valence electrons. The summed E-state index contributed by atoms with van der Waals surface area (Å²) in [7, 11) is 0. The quantitative estimate of drug-likeness (QED) is 0.797. The van der Waals surface area contributed by atoms with Crippen LogP contribution in [0.1, 0.15) is 31.9 Å². The lowest BCUT2D eigenvalue weighted by Gasteiger charge is -2.29. The molecule has 0 saturated carbocycles. The standard InChI is InChI=1S/C18H15F3NO/c1-10-8-11(2)17(18(19,20)21)16(15(10)12(3)23)14-6-4-13(9-22)5-7-14/h4-8,10H,1-3H3. The van der Waals surface area contributed by atoms with Crippen molar-refractivity contribution in [1.82, 2.24) is 0 Å². The maximum atomic E-state index is 13.6. The van der Waals surface area contributed by atoms with E-state index in [0.717, 1.165) is 0 Å². The highest BCUT2D eigenvalue weighted by molar-refractivity contribution is 6.06. The molecule has 1 aromatic rings. The largest absolute Gasteiger partial charge is 0.416 e. The van der Waals surface area contributed by atoms with E-state index in [2.05, 4.69) is 0 Å². The molecule has 0 N–H and O–H groups in total. The van der Waals surface area contributed by atoms with Crippen molar-refractivity contribution in [3.8, 4) is 6.07 Å². The zero-order chi connectivity index (χ0) is 17.4. The van der Waals surface area contributed by atoms with Gasteiger partial charge in [-0.05, 0) is 43.9 Å². The molecule has 0 aromatic heterocycles. The molecule has 1 aliphatic rings. The van der Waals surface area contributed by atoms with Crippen LogP contribution in [0.3, 0.4) is 0 Å². The fourth-order valence-electron chi connectivity index (χ4n) is 2.97. The van der Waals surface area contributed by atoms with Crippen LogP contribution in [0.5, 0.6) is 0 Å². The minimum absolute atomic E-state index is 0.0815. The summed E-state index contributed by atoms with van der Waals surface area (Å²) in [5.74, 6) is -0.786. The number of hydrogen-bond donors (Lipinski definition) is 0. The molecule has 0 aliphatic heterocycles. The fraction of sp³-hybridized carbons (Fsp3) is 0.278. The lowest BCUT2D eigenvalue weighted by Crippen LogP contribution is -2.25. The third kappa shape index (κ3) is 3.21. The number of nitrogens with zero attached hydrogens (tertiary/aromatic N) is 1. The van der Waals surface area contributed by atoms with Gasteiger partial charge in [-0.25, -0.2) is 0 Å². The Labute approximate surface area is 132 Å². The monoisotopic (exact) mass is 318 g/mol. The number of ketones is 1. The molecule has 1 atom stereocenters. The van der Waals surface area contributed by atoms with Gasteiger partial charge in [-0.15, -0.1) is 0 Å². The van der Waals surface area contributed by atoms with Gasteiger partial charge in [-0.3, -0.25) is 4.79 Å². The van der Waals surface area contributed by atoms with Gasteiger partial charge in [0.05, 0.1) is 17.2 Å². The van der Waals surface area contributed by atoms with Crippen molar-refractivity contribution < 1.29 is 18.0 Å². The summed E-state index contributed by atoms with van der Waals surface area (Å²) in [6.07, 6.45) is -3.10. The van der Waals surface area contributed by atoms with Gasteiger partial charge in [0.15, 0.2) is 5.78 Å². The van der Waals surface area contributed by atoms with Gasteiger partial charge < -0.3 is 0 Å². The third-order valence-corrected chi connectivity index (χ3v) is 3.83. The summed E-state index contributed by atoms with van der Waals surface area (Å²) in [5, 5.41) is 8.83. The maximum absolute atomic E-state index is 13.6. The minimum Gasteiger partial charge on any atom is -0.295 e. The number of halogens is 3. The first-order valence-corrected chi connectivity index (χ1v) is 7.05. The lowest BCUT2D eigenvalue weighted by molar-refractivity contribution is -0.114. The second-order valence-corrected chi connectivity index (χ2v) is 5.55. The van der Waals surface area contributed by atoms with Crippen LogP contribution in [0, 0.1) is 23.7 Å². The Bertz CT molecular complexity index is 746. The van der Waals surface area contributed by atoms with Gasteiger partial charge >= 0.3 is 6.18 Å². The molecule has 0 saturated heterocycles. The molecule has 1 aromatic carbocycles. The van der Waals surface area contributed by atoms with E-state index in [9.17, 15) is 18.0 Å². The maximum Gasteiger partial charge on any atom is 0.416 e. The molecule has 1 aliphatic carbocycles. The van der Waals surface area contributed by atoms with Crippen LogP contribution in [0.25, 0.3) is 5.57 Å². The molecule has 0 bridgehead atoms. The Kier molecular flexibility index (Phi) is 4.46. The molecular formula is C18H15F3NO. The summed E-state index contributed by atoms with van der Waals surface area (Å²) in [6, 6.07) is 7.73. The fourth-order valence-corrected chi connectivity index (χ4v) is 2.97. The summed E-state index contributed by atoms with van der Waals surface area (Å²) in [6.45, 7) is 4.38. The van der Waals surface area contributed by atoms with Crippen molar-refractivity contribution in [2.75, 3.05) is 0 Å². The van der Waals surface area contributed by atoms with Crippen molar-refractivity contribution >= 4 is 11.4 Å². The minimum atomic E-state index is -4.56. The van der Waals surface area contributed by atoms with Crippen molar-refractivity contribution in [2.45, 2.75) is 26.9 Å². The van der Waals surface area contributed by atoms with E-state index < -0.39 is 17.7 Å². The van der Waals surface area contributed by atoms with Crippen LogP contribution >= 0.6 is 0 Å². The summed E-state index contributed by atoms with van der Waals surface area (Å²) in [5.41, 5.74) is 0.0266. The Morgan fingerprint density at radius 1 is 1.22 bits per heavy atom. The number of alkyl halides is 3. The molecule has 0 heterocycles. The van der Waals surface area contributed by atoms with Crippen LogP contribution in [-0.2, 0) is 4.79 Å². The molecule has 0 amide bonds. The Hall–Kier alpha value is -2.35. The van der Waals surface area contributed by atoms with Crippen LogP contribution in [0.4, 0.5) is 13.2 Å². The first-order chi connectivity index (χ1) is 10.7. The second kappa shape index (κ2) is 6.04. The van der Waals surface area contributed by atoms with E-state index in [1.807, 2.05) is 6.07 Å². The lowest BCUT2D eigenvalue weighted by atomic mass is 9.75. The predicted molar refractivity (Wildman–Crippen MR) is 81.0 cm³/mol. The SMILES string of the molecule is CC(=O)C1=C(c2ccc(C#N)cc2)C(C(F)(F)F)=C(C)[CH]C1C. The molecule has 5 heteroatoms. The van der Waals surface area contributed by atoms with E-state index in [1.54, 1.807) is 6.92 Å². The number of carbonyl (C=O) groups is 1. The normalized spacial score (nSPS) is 18.9. The summed E-state index contributed by atoms with van der Waals surface area (Å²) < 4.78 is 40.7. The first-order valence-electron chi connectivity index (χ1n) is 7.05. The van der Waals surface area contributed by atoms with Crippen molar-refractivity contribution in [2.24, 2.45) is 5.92 Å². The molecule has 23 heavy (non-hydrogen) atoms. The van der Waals surface area contributed by atoms with Crippen molar-refractivity contribution in [3.63, 3.8) is 0 Å². The Morgan fingerprint density at radius 3 is 2.22 bits per heavy atom. The average Bonchev–Trinajstić information content (AvgIpc) is 2.44. The highest BCUT2D eigenvalue weighted by atomic mass is 19.4. The number of hydrogen-bond acceptors (Lipinski definition) is 2. The van der Waals surface area contributed by atoms with E-state index >= 15 is 0 Å². The van der Waals surface area contributed by atoms with Crippen LogP contribution in [0.15, 0.2) is 41.0 Å². The number of nitriles is 1. The molecular weight excluding hydrogens is 303 g/mol. The van der Waals surface area contributed by atoms with Gasteiger partial charge in [0, 0.05) is 11.1 Å². The van der Waals surface area contributed by atoms with Crippen LogP contribution in [-0.4, -0.2) is 12.0 Å². The zero-order valence-corrected chi connectivity index (χ0v) is 13.0. The number of carbonyl (C=O) groups excluding carboxylic acids is 1.